The van der Waals surface area contributed by atoms with E-state index in [1.807, 2.05) is 5.32 Å². The number of nitrogens with zero attached hydrogens (tertiary/aromatic N) is 1. The normalized spacial score (nSPS) is 22.8. The zero-order valence-electron chi connectivity index (χ0n) is 13.5. The van der Waals surface area contributed by atoms with Crippen molar-refractivity contribution in [3.05, 3.63) is 0 Å². The smallest absolute Gasteiger partial charge is 0.326 e. The number of urea groups is 1. The zero-order valence-corrected chi connectivity index (χ0v) is 13.5. The molecule has 0 aromatic heterocycles. The van der Waals surface area contributed by atoms with Crippen LogP contribution in [0.15, 0.2) is 0 Å². The van der Waals surface area contributed by atoms with Crippen molar-refractivity contribution in [3.8, 4) is 0 Å². The van der Waals surface area contributed by atoms with Crippen LogP contribution >= 0.6 is 0 Å². The Morgan fingerprint density at radius 3 is 2.25 bits per heavy atom. The molecule has 0 unspecified atom stereocenters. The van der Waals surface area contributed by atoms with E-state index in [1.54, 1.807) is 6.92 Å². The second-order valence-corrected chi connectivity index (χ2v) is 5.83. The lowest BCUT2D eigenvalue weighted by Crippen LogP contribution is -2.42. The van der Waals surface area contributed by atoms with Gasteiger partial charge in [0.25, 0.3) is 5.91 Å². The number of imide groups is 2. The Hall–Kier alpha value is -2.45. The molecule has 9 nitrogen and oxygen atoms in total. The molecule has 0 aromatic carbocycles. The molecule has 2 rings (SSSR count). The molecule has 2 atom stereocenters. The number of carbonyl (C=O) groups excluding carboxylic acids is 5. The van der Waals surface area contributed by atoms with Gasteiger partial charge in [0, 0.05) is 6.54 Å². The molecular formula is C15H21N3O6. The molecule has 2 N–H and O–H groups in total. The molecule has 1 heterocycles. The standard InChI is InChI=1S/C15H21N3O6/c1-2-16-15(23)17-11(19)8-24-12(20)7-18-13(21)9-5-3-4-6-10(9)14(18)22/h9-10H,2-8H2,1H3,(H2,16,17,19,23)/t9-,10-/m1/s1. The van der Waals surface area contributed by atoms with Crippen LogP contribution in [0.5, 0.6) is 0 Å². The summed E-state index contributed by atoms with van der Waals surface area (Å²) in [6.07, 6.45) is 3.13. The van der Waals surface area contributed by atoms with Crippen LogP contribution in [0.3, 0.4) is 0 Å². The minimum absolute atomic E-state index is 0.333. The number of carbonyl (C=O) groups is 5. The Balaban J connectivity index is 1.80. The van der Waals surface area contributed by atoms with Crippen molar-refractivity contribution in [3.63, 3.8) is 0 Å². The first-order valence-electron chi connectivity index (χ1n) is 8.02. The van der Waals surface area contributed by atoms with Gasteiger partial charge in [-0.15, -0.1) is 0 Å². The average molecular weight is 339 g/mol. The van der Waals surface area contributed by atoms with Gasteiger partial charge < -0.3 is 10.1 Å². The molecule has 132 valence electrons. The maximum absolute atomic E-state index is 12.2. The number of ether oxygens (including phenoxy) is 1. The van der Waals surface area contributed by atoms with E-state index in [-0.39, 0.29) is 23.7 Å². The second kappa shape index (κ2) is 7.89. The second-order valence-electron chi connectivity index (χ2n) is 5.83. The van der Waals surface area contributed by atoms with Crippen molar-refractivity contribution in [2.24, 2.45) is 11.8 Å². The molecular weight excluding hydrogens is 318 g/mol. The minimum atomic E-state index is -0.860. The maximum Gasteiger partial charge on any atom is 0.326 e. The molecule has 0 bridgehead atoms. The van der Waals surface area contributed by atoms with Gasteiger partial charge >= 0.3 is 12.0 Å². The van der Waals surface area contributed by atoms with Crippen molar-refractivity contribution >= 4 is 29.7 Å². The lowest BCUT2D eigenvalue weighted by atomic mass is 9.81. The highest BCUT2D eigenvalue weighted by atomic mass is 16.5. The fraction of sp³-hybridized carbons (Fsp3) is 0.667. The Morgan fingerprint density at radius 1 is 1.12 bits per heavy atom. The summed E-state index contributed by atoms with van der Waals surface area (Å²) in [7, 11) is 0. The molecule has 2 aliphatic rings. The third-order valence-corrected chi connectivity index (χ3v) is 4.17. The van der Waals surface area contributed by atoms with E-state index in [0.717, 1.165) is 17.7 Å². The van der Waals surface area contributed by atoms with E-state index in [0.29, 0.717) is 19.4 Å². The Labute approximate surface area is 139 Å². The van der Waals surface area contributed by atoms with E-state index in [9.17, 15) is 24.0 Å². The van der Waals surface area contributed by atoms with Gasteiger partial charge in [0.2, 0.25) is 11.8 Å². The van der Waals surface area contributed by atoms with Crippen LogP contribution < -0.4 is 10.6 Å². The van der Waals surface area contributed by atoms with E-state index >= 15 is 0 Å². The monoisotopic (exact) mass is 339 g/mol. The highest BCUT2D eigenvalue weighted by Crippen LogP contribution is 2.37. The maximum atomic E-state index is 12.2. The first-order valence-corrected chi connectivity index (χ1v) is 8.02. The number of esters is 1. The van der Waals surface area contributed by atoms with Crippen LogP contribution in [-0.2, 0) is 23.9 Å². The van der Waals surface area contributed by atoms with Crippen LogP contribution in [0.2, 0.25) is 0 Å². The fourth-order valence-corrected chi connectivity index (χ4v) is 3.08. The van der Waals surface area contributed by atoms with Crippen molar-refractivity contribution in [2.45, 2.75) is 32.6 Å². The summed E-state index contributed by atoms with van der Waals surface area (Å²) in [6, 6.07) is -0.687. The summed E-state index contributed by atoms with van der Waals surface area (Å²) in [4.78, 5) is 59.6. The van der Waals surface area contributed by atoms with Crippen LogP contribution in [0.1, 0.15) is 32.6 Å². The van der Waals surface area contributed by atoms with Crippen LogP contribution in [0, 0.1) is 11.8 Å². The molecule has 2 fully saturated rings. The minimum Gasteiger partial charge on any atom is -0.454 e. The van der Waals surface area contributed by atoms with Gasteiger partial charge in [0.05, 0.1) is 11.8 Å². The number of nitrogens with one attached hydrogen (secondary N) is 2. The van der Waals surface area contributed by atoms with Crippen LogP contribution in [0.25, 0.3) is 0 Å². The van der Waals surface area contributed by atoms with Crippen LogP contribution in [0.4, 0.5) is 4.79 Å². The van der Waals surface area contributed by atoms with Gasteiger partial charge in [-0.25, -0.2) is 4.79 Å². The molecule has 0 spiro atoms. The Morgan fingerprint density at radius 2 is 1.71 bits per heavy atom. The number of amides is 5. The van der Waals surface area contributed by atoms with Gasteiger partial charge in [-0.1, -0.05) is 12.8 Å². The van der Waals surface area contributed by atoms with Crippen molar-refractivity contribution in [2.75, 3.05) is 19.7 Å². The lowest BCUT2D eigenvalue weighted by molar-refractivity contribution is -0.154. The summed E-state index contributed by atoms with van der Waals surface area (Å²) >= 11 is 0. The van der Waals surface area contributed by atoms with E-state index in [1.165, 1.54) is 0 Å². The number of fused-ring (bicyclic) bond motifs is 1. The zero-order chi connectivity index (χ0) is 17.7. The van der Waals surface area contributed by atoms with Gasteiger partial charge in [-0.2, -0.15) is 0 Å². The predicted octanol–water partition coefficient (Wildman–Crippen LogP) is -0.449. The molecule has 1 saturated carbocycles. The van der Waals surface area contributed by atoms with Crippen molar-refractivity contribution < 1.29 is 28.7 Å². The molecule has 1 aliphatic carbocycles. The highest BCUT2D eigenvalue weighted by Gasteiger charge is 2.48. The van der Waals surface area contributed by atoms with E-state index in [2.05, 4.69) is 5.32 Å². The summed E-state index contributed by atoms with van der Waals surface area (Å²) in [5, 5.41) is 4.33. The Bertz CT molecular complexity index is 537. The first-order chi connectivity index (χ1) is 11.4. The molecule has 1 aliphatic heterocycles. The third kappa shape index (κ3) is 4.09. The summed E-state index contributed by atoms with van der Waals surface area (Å²) in [5.74, 6) is -2.99. The third-order valence-electron chi connectivity index (χ3n) is 4.17. The van der Waals surface area contributed by atoms with E-state index < -0.39 is 31.1 Å². The molecule has 1 saturated heterocycles. The number of hydrogen-bond acceptors (Lipinski definition) is 6. The van der Waals surface area contributed by atoms with Gasteiger partial charge in [-0.3, -0.25) is 29.4 Å². The molecule has 5 amide bonds. The first kappa shape index (κ1) is 17.9. The predicted molar refractivity (Wildman–Crippen MR) is 80.3 cm³/mol. The van der Waals surface area contributed by atoms with Gasteiger partial charge in [-0.05, 0) is 19.8 Å². The van der Waals surface area contributed by atoms with Crippen molar-refractivity contribution in [1.82, 2.24) is 15.5 Å². The number of likely N-dealkylation sites (tertiary alicyclic amines) is 1. The van der Waals surface area contributed by atoms with Gasteiger partial charge in [0.1, 0.15) is 6.54 Å². The number of hydrogen-bond donors (Lipinski definition) is 2. The van der Waals surface area contributed by atoms with Crippen molar-refractivity contribution in [1.29, 1.82) is 0 Å². The summed E-state index contributed by atoms with van der Waals surface area (Å²) in [6.45, 7) is 0.879. The molecule has 24 heavy (non-hydrogen) atoms. The summed E-state index contributed by atoms with van der Waals surface area (Å²) in [5.41, 5.74) is 0. The molecule has 0 aromatic rings. The quantitative estimate of drug-likeness (QED) is 0.517. The largest absolute Gasteiger partial charge is 0.454 e. The molecule has 9 heteroatoms. The van der Waals surface area contributed by atoms with Crippen LogP contribution in [-0.4, -0.2) is 54.3 Å². The SMILES string of the molecule is CCNC(=O)NC(=O)COC(=O)CN1C(=O)[C@@H]2CCCC[C@H]2C1=O. The lowest BCUT2D eigenvalue weighted by Gasteiger charge is -2.19. The summed E-state index contributed by atoms with van der Waals surface area (Å²) < 4.78 is 4.72. The Kier molecular flexibility index (Phi) is 5.88. The number of rotatable bonds is 5. The van der Waals surface area contributed by atoms with E-state index in [4.69, 9.17) is 4.74 Å². The fourth-order valence-electron chi connectivity index (χ4n) is 3.08. The van der Waals surface area contributed by atoms with Gasteiger partial charge in [0.15, 0.2) is 6.61 Å². The highest BCUT2D eigenvalue weighted by molar-refractivity contribution is 6.07. The molecule has 0 radical (unpaired) electrons. The topological polar surface area (TPSA) is 122 Å². The average Bonchev–Trinajstić information content (AvgIpc) is 2.79.